The maximum Gasteiger partial charge on any atom is 0.252 e. The summed E-state index contributed by atoms with van der Waals surface area (Å²) in [7, 11) is 0. The molecule has 0 radical (unpaired) electrons. The van der Waals surface area contributed by atoms with E-state index in [0.29, 0.717) is 0 Å². The van der Waals surface area contributed by atoms with Gasteiger partial charge in [0, 0.05) is 34.1 Å². The van der Waals surface area contributed by atoms with E-state index in [1.165, 1.54) is 61.6 Å². The van der Waals surface area contributed by atoms with Crippen molar-refractivity contribution in [2.45, 2.75) is 13.8 Å². The van der Waals surface area contributed by atoms with Crippen molar-refractivity contribution in [3.05, 3.63) is 126 Å². The van der Waals surface area contributed by atoms with Gasteiger partial charge >= 0.3 is 0 Å². The van der Waals surface area contributed by atoms with Crippen LogP contribution in [0.5, 0.6) is 0 Å². The molecule has 2 heterocycles. The van der Waals surface area contributed by atoms with Gasteiger partial charge in [-0.3, -0.25) is 0 Å². The van der Waals surface area contributed by atoms with Crippen molar-refractivity contribution in [2.75, 3.05) is 9.80 Å². The van der Waals surface area contributed by atoms with Gasteiger partial charge in [-0.05, 0) is 78.3 Å². The fourth-order valence-electron chi connectivity index (χ4n) is 5.88. The quantitative estimate of drug-likeness (QED) is 0.283. The van der Waals surface area contributed by atoms with Crippen LogP contribution in [-0.4, -0.2) is 6.71 Å². The molecule has 35 heavy (non-hydrogen) atoms. The number of nitrogens with zero attached hydrogens (tertiary/aromatic N) is 2. The zero-order chi connectivity index (χ0) is 23.5. The first-order valence-corrected chi connectivity index (χ1v) is 12.3. The molecule has 7 rings (SSSR count). The van der Waals surface area contributed by atoms with Crippen molar-refractivity contribution < 1.29 is 0 Å². The monoisotopic (exact) mass is 448 g/mol. The zero-order valence-electron chi connectivity index (χ0n) is 19.9. The maximum atomic E-state index is 2.46. The normalized spacial score (nSPS) is 13.3. The lowest BCUT2D eigenvalue weighted by atomic mass is 9.33. The summed E-state index contributed by atoms with van der Waals surface area (Å²) in [4.78, 5) is 4.90. The molecule has 2 aliphatic heterocycles. The smallest absolute Gasteiger partial charge is 0.252 e. The average Bonchev–Trinajstić information content (AvgIpc) is 2.90. The molecule has 2 nitrogen and oxygen atoms in total. The number of anilines is 6. The summed E-state index contributed by atoms with van der Waals surface area (Å²) >= 11 is 0. The van der Waals surface area contributed by atoms with Gasteiger partial charge in [-0.1, -0.05) is 78.4 Å². The number of rotatable bonds is 2. The third-order valence-corrected chi connectivity index (χ3v) is 7.46. The Kier molecular flexibility index (Phi) is 4.40. The molecule has 0 aliphatic carbocycles. The van der Waals surface area contributed by atoms with Gasteiger partial charge in [-0.2, -0.15) is 0 Å². The molecule has 0 aromatic heterocycles. The van der Waals surface area contributed by atoms with Crippen molar-refractivity contribution in [3.8, 4) is 0 Å². The van der Waals surface area contributed by atoms with E-state index in [2.05, 4.69) is 139 Å². The summed E-state index contributed by atoms with van der Waals surface area (Å²) in [6, 6.07) is 42.2. The van der Waals surface area contributed by atoms with Gasteiger partial charge in [0.1, 0.15) is 0 Å². The summed E-state index contributed by atoms with van der Waals surface area (Å²) in [5.41, 5.74) is 14.1. The van der Waals surface area contributed by atoms with Crippen LogP contribution in [0.2, 0.25) is 0 Å². The highest BCUT2D eigenvalue weighted by atomic mass is 15.2. The molecule has 0 atom stereocenters. The first-order valence-electron chi connectivity index (χ1n) is 12.3. The summed E-state index contributed by atoms with van der Waals surface area (Å²) in [5, 5.41) is 0. The molecule has 5 aromatic carbocycles. The van der Waals surface area contributed by atoms with Crippen molar-refractivity contribution in [1.82, 2.24) is 0 Å². The van der Waals surface area contributed by atoms with Crippen LogP contribution in [0.3, 0.4) is 0 Å². The predicted molar refractivity (Wildman–Crippen MR) is 150 cm³/mol. The molecule has 2 aliphatic rings. The lowest BCUT2D eigenvalue weighted by Crippen LogP contribution is -2.61. The van der Waals surface area contributed by atoms with Crippen LogP contribution >= 0.6 is 0 Å². The molecule has 0 amide bonds. The lowest BCUT2D eigenvalue weighted by molar-refractivity contribution is 1.23. The second-order valence-corrected chi connectivity index (χ2v) is 9.55. The van der Waals surface area contributed by atoms with Crippen LogP contribution in [-0.2, 0) is 0 Å². The summed E-state index contributed by atoms with van der Waals surface area (Å²) in [5.74, 6) is 0. The average molecular weight is 448 g/mol. The molecule has 3 heteroatoms. The highest BCUT2D eigenvalue weighted by Gasteiger charge is 2.42. The third kappa shape index (κ3) is 2.91. The van der Waals surface area contributed by atoms with Crippen molar-refractivity contribution in [3.63, 3.8) is 0 Å². The standard InChI is InChI=1S/C32H25BN2/c1-22-18-20-24(21-19-22)34-28-14-7-4-11-25(28)33-26-12-5-8-15-29(26)35(27-13-6-3-10-23(27)2)31-17-9-16-30(34)32(31)33/h3-21H,1-2H3. The van der Waals surface area contributed by atoms with E-state index in [4.69, 9.17) is 0 Å². The van der Waals surface area contributed by atoms with Crippen molar-refractivity contribution >= 4 is 57.2 Å². The van der Waals surface area contributed by atoms with E-state index in [9.17, 15) is 0 Å². The molecular weight excluding hydrogens is 423 g/mol. The second kappa shape index (κ2) is 7.64. The third-order valence-electron chi connectivity index (χ3n) is 7.46. The van der Waals surface area contributed by atoms with Crippen LogP contribution in [0.25, 0.3) is 0 Å². The number of para-hydroxylation sites is 3. The molecule has 0 fully saturated rings. The second-order valence-electron chi connectivity index (χ2n) is 9.55. The number of hydrogen-bond acceptors (Lipinski definition) is 2. The fourth-order valence-corrected chi connectivity index (χ4v) is 5.88. The number of aryl methyl sites for hydroxylation is 2. The van der Waals surface area contributed by atoms with Crippen molar-refractivity contribution in [1.29, 1.82) is 0 Å². The Morgan fingerprint density at radius 3 is 1.63 bits per heavy atom. The molecule has 0 spiro atoms. The van der Waals surface area contributed by atoms with Gasteiger partial charge in [-0.15, -0.1) is 0 Å². The maximum absolute atomic E-state index is 2.46. The summed E-state index contributed by atoms with van der Waals surface area (Å²) in [6.45, 7) is 4.54. The van der Waals surface area contributed by atoms with Gasteiger partial charge < -0.3 is 9.80 Å². The zero-order valence-corrected chi connectivity index (χ0v) is 19.9. The van der Waals surface area contributed by atoms with Crippen LogP contribution in [0.1, 0.15) is 11.1 Å². The van der Waals surface area contributed by atoms with Gasteiger partial charge in [0.05, 0.1) is 0 Å². The van der Waals surface area contributed by atoms with Crippen LogP contribution in [0, 0.1) is 13.8 Å². The predicted octanol–water partition coefficient (Wildman–Crippen LogP) is 6.39. The molecule has 0 bridgehead atoms. The van der Waals surface area contributed by atoms with Crippen LogP contribution in [0.4, 0.5) is 34.1 Å². The summed E-state index contributed by atoms with van der Waals surface area (Å²) in [6.07, 6.45) is 0. The van der Waals surface area contributed by atoms with Crippen molar-refractivity contribution in [2.24, 2.45) is 0 Å². The summed E-state index contributed by atoms with van der Waals surface area (Å²) < 4.78 is 0. The van der Waals surface area contributed by atoms with E-state index in [1.807, 2.05) is 0 Å². The Morgan fingerprint density at radius 1 is 0.457 bits per heavy atom. The fraction of sp³-hybridized carbons (Fsp3) is 0.0625. The first-order chi connectivity index (χ1) is 17.2. The minimum absolute atomic E-state index is 0.190. The van der Waals surface area contributed by atoms with Gasteiger partial charge in [-0.25, -0.2) is 0 Å². The molecular formula is C32H25BN2. The first kappa shape index (κ1) is 20.2. The van der Waals surface area contributed by atoms with Crippen LogP contribution < -0.4 is 26.2 Å². The number of benzene rings is 5. The highest BCUT2D eigenvalue weighted by molar-refractivity contribution is 7.00. The molecule has 0 saturated carbocycles. The van der Waals surface area contributed by atoms with E-state index < -0.39 is 0 Å². The lowest BCUT2D eigenvalue weighted by Gasteiger charge is -2.44. The Bertz CT molecular complexity index is 1590. The SMILES string of the molecule is Cc1ccc(N2c3ccccc3B3c4ccccc4N(c4ccccc4C)c4cccc2c43)cc1. The van der Waals surface area contributed by atoms with Gasteiger partial charge in [0.15, 0.2) is 0 Å². The van der Waals surface area contributed by atoms with E-state index >= 15 is 0 Å². The molecule has 0 N–H and O–H groups in total. The van der Waals surface area contributed by atoms with E-state index in [-0.39, 0.29) is 6.71 Å². The molecule has 5 aromatic rings. The molecule has 166 valence electrons. The Labute approximate surface area is 207 Å². The van der Waals surface area contributed by atoms with Gasteiger partial charge in [0.25, 0.3) is 6.71 Å². The minimum atomic E-state index is 0.190. The number of hydrogen-bond donors (Lipinski definition) is 0. The number of fused-ring (bicyclic) bond motifs is 4. The molecule has 0 unspecified atom stereocenters. The van der Waals surface area contributed by atoms with E-state index in [0.717, 1.165) is 0 Å². The van der Waals surface area contributed by atoms with E-state index in [1.54, 1.807) is 0 Å². The largest absolute Gasteiger partial charge is 0.311 e. The Balaban J connectivity index is 1.57. The minimum Gasteiger partial charge on any atom is -0.311 e. The topological polar surface area (TPSA) is 6.48 Å². The van der Waals surface area contributed by atoms with Crippen LogP contribution in [0.15, 0.2) is 115 Å². The van der Waals surface area contributed by atoms with Gasteiger partial charge in [0.2, 0.25) is 0 Å². The molecule has 0 saturated heterocycles. The Morgan fingerprint density at radius 2 is 0.971 bits per heavy atom. The highest BCUT2D eigenvalue weighted by Crippen LogP contribution is 2.44. The Hall–Kier alpha value is -4.24.